The molecule has 1 aliphatic carbocycles. The van der Waals surface area contributed by atoms with E-state index >= 15 is 0 Å². The molecule has 0 aliphatic heterocycles. The Morgan fingerprint density at radius 3 is 2.93 bits per heavy atom. The van der Waals surface area contributed by atoms with Gasteiger partial charge in [-0.15, -0.1) is 0 Å². The standard InChI is InChI=1S/C11H18N4/c1-15-7-10(13-8-15)11(14-12)9-5-3-2-4-6-9/h5,7-8,11,14H,2-4,6,12H2,1H3. The van der Waals surface area contributed by atoms with E-state index in [4.69, 9.17) is 5.84 Å². The van der Waals surface area contributed by atoms with Crippen LogP contribution < -0.4 is 11.3 Å². The number of nitrogens with two attached hydrogens (primary N) is 1. The lowest BCUT2D eigenvalue weighted by molar-refractivity contribution is 0.557. The van der Waals surface area contributed by atoms with E-state index in [-0.39, 0.29) is 6.04 Å². The summed E-state index contributed by atoms with van der Waals surface area (Å²) >= 11 is 0. The fourth-order valence-electron chi connectivity index (χ4n) is 2.09. The third-order valence-corrected chi connectivity index (χ3v) is 2.88. The first kappa shape index (κ1) is 10.4. The SMILES string of the molecule is Cn1cnc(C(NN)C2=CCCCC2)c1. The molecule has 1 aliphatic rings. The summed E-state index contributed by atoms with van der Waals surface area (Å²) in [5.41, 5.74) is 5.24. The molecular formula is C11H18N4. The van der Waals surface area contributed by atoms with Gasteiger partial charge in [-0.25, -0.2) is 10.4 Å². The van der Waals surface area contributed by atoms with Crippen molar-refractivity contribution in [2.45, 2.75) is 31.7 Å². The maximum Gasteiger partial charge on any atom is 0.0947 e. The van der Waals surface area contributed by atoms with Gasteiger partial charge in [0.05, 0.1) is 18.1 Å². The molecule has 1 atom stereocenters. The Labute approximate surface area is 90.2 Å². The fourth-order valence-corrected chi connectivity index (χ4v) is 2.09. The van der Waals surface area contributed by atoms with Crippen molar-refractivity contribution in [3.8, 4) is 0 Å². The maximum atomic E-state index is 5.60. The van der Waals surface area contributed by atoms with Crippen LogP contribution in [0.2, 0.25) is 0 Å². The molecule has 0 saturated heterocycles. The van der Waals surface area contributed by atoms with Crippen LogP contribution in [0.25, 0.3) is 0 Å². The Morgan fingerprint density at radius 1 is 1.53 bits per heavy atom. The van der Waals surface area contributed by atoms with Gasteiger partial charge in [-0.05, 0) is 31.3 Å². The molecule has 0 spiro atoms. The zero-order valence-corrected chi connectivity index (χ0v) is 9.11. The maximum absolute atomic E-state index is 5.60. The van der Waals surface area contributed by atoms with Crippen molar-refractivity contribution in [3.05, 3.63) is 29.9 Å². The lowest BCUT2D eigenvalue weighted by atomic mass is 9.93. The number of hydrazine groups is 1. The summed E-state index contributed by atoms with van der Waals surface area (Å²) in [6, 6.07) is 0.0894. The predicted octanol–water partition coefficient (Wildman–Crippen LogP) is 1.42. The highest BCUT2D eigenvalue weighted by Gasteiger charge is 2.18. The molecule has 2 rings (SSSR count). The van der Waals surface area contributed by atoms with Gasteiger partial charge in [0.1, 0.15) is 0 Å². The van der Waals surface area contributed by atoms with Gasteiger partial charge in [-0.1, -0.05) is 6.08 Å². The third-order valence-electron chi connectivity index (χ3n) is 2.88. The second-order valence-corrected chi connectivity index (χ2v) is 4.09. The lowest BCUT2D eigenvalue weighted by Crippen LogP contribution is -2.30. The van der Waals surface area contributed by atoms with Gasteiger partial charge in [-0.3, -0.25) is 5.84 Å². The first-order valence-corrected chi connectivity index (χ1v) is 5.44. The molecule has 4 nitrogen and oxygen atoms in total. The van der Waals surface area contributed by atoms with E-state index in [1.807, 2.05) is 24.1 Å². The molecule has 82 valence electrons. The molecule has 1 heterocycles. The van der Waals surface area contributed by atoms with Crippen molar-refractivity contribution < 1.29 is 0 Å². The van der Waals surface area contributed by atoms with Crippen LogP contribution in [0.4, 0.5) is 0 Å². The van der Waals surface area contributed by atoms with Gasteiger partial charge in [-0.2, -0.15) is 0 Å². The van der Waals surface area contributed by atoms with Crippen molar-refractivity contribution >= 4 is 0 Å². The molecule has 3 N–H and O–H groups in total. The van der Waals surface area contributed by atoms with Crippen LogP contribution in [0, 0.1) is 0 Å². The summed E-state index contributed by atoms with van der Waals surface area (Å²) in [5.74, 6) is 5.60. The van der Waals surface area contributed by atoms with Crippen LogP contribution in [0.5, 0.6) is 0 Å². The molecule has 0 amide bonds. The third kappa shape index (κ3) is 2.27. The summed E-state index contributed by atoms with van der Waals surface area (Å²) < 4.78 is 1.95. The van der Waals surface area contributed by atoms with E-state index < -0.39 is 0 Å². The van der Waals surface area contributed by atoms with Gasteiger partial charge in [0, 0.05) is 13.2 Å². The molecule has 1 aromatic heterocycles. The van der Waals surface area contributed by atoms with E-state index in [1.54, 1.807) is 0 Å². The van der Waals surface area contributed by atoms with Crippen molar-refractivity contribution in [2.75, 3.05) is 0 Å². The van der Waals surface area contributed by atoms with E-state index in [9.17, 15) is 0 Å². The molecule has 4 heteroatoms. The monoisotopic (exact) mass is 206 g/mol. The summed E-state index contributed by atoms with van der Waals surface area (Å²) in [7, 11) is 1.97. The molecule has 0 aromatic carbocycles. The van der Waals surface area contributed by atoms with Crippen molar-refractivity contribution in [1.29, 1.82) is 0 Å². The fraction of sp³-hybridized carbons (Fsp3) is 0.545. The number of nitrogens with zero attached hydrogens (tertiary/aromatic N) is 2. The Morgan fingerprint density at radius 2 is 2.40 bits per heavy atom. The molecule has 0 radical (unpaired) electrons. The normalized spacial score (nSPS) is 18.7. The minimum Gasteiger partial charge on any atom is -0.340 e. The van der Waals surface area contributed by atoms with E-state index in [1.165, 1.54) is 24.8 Å². The van der Waals surface area contributed by atoms with Crippen molar-refractivity contribution in [2.24, 2.45) is 12.9 Å². The molecule has 0 saturated carbocycles. The van der Waals surface area contributed by atoms with Crippen LogP contribution in [0.15, 0.2) is 24.2 Å². The molecule has 0 fully saturated rings. The number of rotatable bonds is 3. The number of hydrogen-bond donors (Lipinski definition) is 2. The molecular weight excluding hydrogens is 188 g/mol. The predicted molar refractivity (Wildman–Crippen MR) is 59.8 cm³/mol. The lowest BCUT2D eigenvalue weighted by Gasteiger charge is -2.20. The number of aromatic nitrogens is 2. The van der Waals surface area contributed by atoms with Crippen LogP contribution in [0.1, 0.15) is 37.4 Å². The Kier molecular flexibility index (Phi) is 3.18. The van der Waals surface area contributed by atoms with Crippen LogP contribution in [0.3, 0.4) is 0 Å². The van der Waals surface area contributed by atoms with Gasteiger partial charge in [0.15, 0.2) is 0 Å². The summed E-state index contributed by atoms with van der Waals surface area (Å²) in [6.45, 7) is 0. The quantitative estimate of drug-likeness (QED) is 0.447. The Hall–Kier alpha value is -1.13. The van der Waals surface area contributed by atoms with Gasteiger partial charge in [0.25, 0.3) is 0 Å². The smallest absolute Gasteiger partial charge is 0.0947 e. The minimum absolute atomic E-state index is 0.0894. The highest BCUT2D eigenvalue weighted by atomic mass is 15.2. The number of allylic oxidation sites excluding steroid dienone is 1. The van der Waals surface area contributed by atoms with Crippen LogP contribution >= 0.6 is 0 Å². The number of imidazole rings is 1. The van der Waals surface area contributed by atoms with Crippen LogP contribution in [-0.4, -0.2) is 9.55 Å². The van der Waals surface area contributed by atoms with Crippen LogP contribution in [-0.2, 0) is 7.05 Å². The average molecular weight is 206 g/mol. The zero-order valence-electron chi connectivity index (χ0n) is 9.11. The van der Waals surface area contributed by atoms with Gasteiger partial charge >= 0.3 is 0 Å². The molecule has 0 bridgehead atoms. The number of aryl methyl sites for hydroxylation is 1. The highest BCUT2D eigenvalue weighted by Crippen LogP contribution is 2.28. The topological polar surface area (TPSA) is 55.9 Å². The van der Waals surface area contributed by atoms with Gasteiger partial charge in [0.2, 0.25) is 0 Å². The van der Waals surface area contributed by atoms with E-state index in [0.29, 0.717) is 0 Å². The number of hydrogen-bond acceptors (Lipinski definition) is 3. The van der Waals surface area contributed by atoms with E-state index in [2.05, 4.69) is 16.5 Å². The first-order valence-electron chi connectivity index (χ1n) is 5.44. The molecule has 15 heavy (non-hydrogen) atoms. The average Bonchev–Trinajstić information content (AvgIpc) is 2.68. The summed E-state index contributed by atoms with van der Waals surface area (Å²) in [4.78, 5) is 4.34. The molecule has 1 unspecified atom stereocenters. The second-order valence-electron chi connectivity index (χ2n) is 4.09. The highest BCUT2D eigenvalue weighted by molar-refractivity contribution is 5.21. The second kappa shape index (κ2) is 4.59. The van der Waals surface area contributed by atoms with Gasteiger partial charge < -0.3 is 4.57 Å². The first-order chi connectivity index (χ1) is 7.31. The van der Waals surface area contributed by atoms with E-state index in [0.717, 1.165) is 12.1 Å². The minimum atomic E-state index is 0.0894. The number of nitrogens with one attached hydrogen (secondary N) is 1. The summed E-state index contributed by atoms with van der Waals surface area (Å²) in [6.07, 6.45) is 11.0. The zero-order chi connectivity index (χ0) is 10.7. The van der Waals surface area contributed by atoms with Crippen molar-refractivity contribution in [1.82, 2.24) is 15.0 Å². The van der Waals surface area contributed by atoms with Crippen molar-refractivity contribution in [3.63, 3.8) is 0 Å². The summed E-state index contributed by atoms with van der Waals surface area (Å²) in [5, 5.41) is 0. The Bertz CT molecular complexity index is 353. The molecule has 1 aromatic rings. The Balaban J connectivity index is 2.19. The largest absolute Gasteiger partial charge is 0.340 e.